The molecule has 0 saturated carbocycles. The Bertz CT molecular complexity index is 909. The van der Waals surface area contributed by atoms with Gasteiger partial charge in [-0.15, -0.1) is 0 Å². The summed E-state index contributed by atoms with van der Waals surface area (Å²) in [7, 11) is 0. The molecule has 1 radical (unpaired) electrons. The number of benzene rings is 2. The van der Waals surface area contributed by atoms with Gasteiger partial charge in [0.05, 0.1) is 37.2 Å². The van der Waals surface area contributed by atoms with Gasteiger partial charge in [0.15, 0.2) is 0 Å². The van der Waals surface area contributed by atoms with Crippen molar-refractivity contribution in [2.75, 3.05) is 29.9 Å². The smallest absolute Gasteiger partial charge is 0.0766 e. The first-order valence-corrected chi connectivity index (χ1v) is 20.0. The molecule has 0 bridgehead atoms. The first kappa shape index (κ1) is 41.1. The van der Waals surface area contributed by atoms with E-state index in [9.17, 15) is 0 Å². The Morgan fingerprint density at radius 3 is 1.19 bits per heavy atom. The van der Waals surface area contributed by atoms with E-state index >= 15 is 0 Å². The normalized spacial score (nSPS) is 12.0. The van der Waals surface area contributed by atoms with Crippen LogP contribution in [0, 0.1) is 6.92 Å². The van der Waals surface area contributed by atoms with E-state index in [1.54, 1.807) is 0 Å². The number of hydrogen-bond acceptors (Lipinski definition) is 4. The molecular formula is C43H73N2O2. The molecule has 0 aromatic heterocycles. The second-order valence-corrected chi connectivity index (χ2v) is 13.7. The molecule has 267 valence electrons. The largest absolute Gasteiger partial charge is 0.273 e. The molecule has 0 spiro atoms. The number of hydroxylamine groups is 2. The molecule has 2 aromatic rings. The van der Waals surface area contributed by atoms with Gasteiger partial charge in [0, 0.05) is 0 Å². The van der Waals surface area contributed by atoms with E-state index in [2.05, 4.69) is 81.4 Å². The van der Waals surface area contributed by atoms with E-state index in [0.29, 0.717) is 13.2 Å². The molecule has 0 saturated heterocycles. The highest BCUT2D eigenvalue weighted by atomic mass is 16.7. The van der Waals surface area contributed by atoms with Gasteiger partial charge in [0.25, 0.3) is 0 Å². The van der Waals surface area contributed by atoms with Gasteiger partial charge in [0.2, 0.25) is 0 Å². The van der Waals surface area contributed by atoms with Crippen molar-refractivity contribution in [2.45, 2.75) is 174 Å². The van der Waals surface area contributed by atoms with E-state index in [-0.39, 0.29) is 6.04 Å². The van der Waals surface area contributed by atoms with Crippen LogP contribution in [-0.2, 0) is 9.68 Å². The van der Waals surface area contributed by atoms with Crippen molar-refractivity contribution in [3.8, 4) is 0 Å². The molecule has 2 aromatic carbocycles. The number of rotatable bonds is 33. The summed E-state index contributed by atoms with van der Waals surface area (Å²) in [4.78, 5) is 12.8. The minimum atomic E-state index is -0.128. The van der Waals surface area contributed by atoms with Crippen LogP contribution in [0.15, 0.2) is 60.7 Å². The van der Waals surface area contributed by atoms with Crippen LogP contribution in [0.4, 0.5) is 11.4 Å². The third kappa shape index (κ3) is 21.5. The number of anilines is 2. The summed E-state index contributed by atoms with van der Waals surface area (Å²) in [6, 6.07) is 20.7. The monoisotopic (exact) mass is 650 g/mol. The Kier molecular flexibility index (Phi) is 26.3. The molecule has 1 atom stereocenters. The highest BCUT2D eigenvalue weighted by Gasteiger charge is 2.20. The summed E-state index contributed by atoms with van der Waals surface area (Å²) in [5, 5.41) is 4.03. The first-order valence-electron chi connectivity index (χ1n) is 20.0. The van der Waals surface area contributed by atoms with Crippen LogP contribution in [-0.4, -0.2) is 25.8 Å². The maximum absolute atomic E-state index is 6.43. The summed E-state index contributed by atoms with van der Waals surface area (Å²) in [6.07, 6.45) is 32.3. The third-order valence-electron chi connectivity index (χ3n) is 9.24. The molecule has 0 N–H and O–H groups in total. The second kappa shape index (κ2) is 30.1. The summed E-state index contributed by atoms with van der Waals surface area (Å²) >= 11 is 0. The van der Waals surface area contributed by atoms with Crippen molar-refractivity contribution in [1.82, 2.24) is 0 Å². The van der Waals surface area contributed by atoms with E-state index in [0.717, 1.165) is 30.8 Å². The zero-order chi connectivity index (χ0) is 33.5. The molecule has 47 heavy (non-hydrogen) atoms. The Morgan fingerprint density at radius 1 is 0.447 bits per heavy atom. The molecule has 0 fully saturated rings. The highest BCUT2D eigenvalue weighted by Crippen LogP contribution is 2.22. The van der Waals surface area contributed by atoms with Gasteiger partial charge in [-0.1, -0.05) is 192 Å². The Morgan fingerprint density at radius 2 is 0.787 bits per heavy atom. The summed E-state index contributed by atoms with van der Waals surface area (Å²) in [5.74, 6) is 0. The van der Waals surface area contributed by atoms with Crippen LogP contribution in [0.25, 0.3) is 0 Å². The average Bonchev–Trinajstić information content (AvgIpc) is 3.10. The van der Waals surface area contributed by atoms with E-state index in [1.165, 1.54) is 141 Å². The second-order valence-electron chi connectivity index (χ2n) is 13.7. The maximum Gasteiger partial charge on any atom is 0.0766 e. The Hall–Kier alpha value is -2.04. The summed E-state index contributed by atoms with van der Waals surface area (Å²) in [5.41, 5.74) is 2.11. The maximum atomic E-state index is 6.43. The van der Waals surface area contributed by atoms with Crippen molar-refractivity contribution in [3.63, 3.8) is 0 Å². The molecule has 0 aliphatic heterocycles. The lowest BCUT2D eigenvalue weighted by Gasteiger charge is -2.34. The molecule has 0 heterocycles. The topological polar surface area (TPSA) is 24.9 Å². The lowest BCUT2D eigenvalue weighted by molar-refractivity contribution is 0.0690. The molecule has 2 rings (SSSR count). The predicted octanol–water partition coefficient (Wildman–Crippen LogP) is 13.5. The van der Waals surface area contributed by atoms with Gasteiger partial charge in [-0.3, -0.25) is 14.7 Å². The first-order chi connectivity index (χ1) is 23.3. The third-order valence-corrected chi connectivity index (χ3v) is 9.24. The molecule has 0 aliphatic carbocycles. The van der Waals surface area contributed by atoms with Gasteiger partial charge in [0.1, 0.15) is 0 Å². The Balaban J connectivity index is 1.71. The lowest BCUT2D eigenvalue weighted by Crippen LogP contribution is -2.43. The van der Waals surface area contributed by atoms with Crippen molar-refractivity contribution < 1.29 is 9.68 Å². The van der Waals surface area contributed by atoms with Crippen molar-refractivity contribution in [3.05, 3.63) is 67.6 Å². The van der Waals surface area contributed by atoms with Crippen LogP contribution in [0.5, 0.6) is 0 Å². The number of unbranched alkanes of at least 4 members (excludes halogenated alkanes) is 22. The minimum absolute atomic E-state index is 0.128. The molecule has 1 unspecified atom stereocenters. The zero-order valence-electron chi connectivity index (χ0n) is 30.9. The molecular weight excluding hydrogens is 576 g/mol. The van der Waals surface area contributed by atoms with Crippen LogP contribution in [0.3, 0.4) is 0 Å². The SMILES string of the molecule is [CH2]C(CN(OCCCCCCCCCCCCCC)c1ccccc1)N(OCCCCCCCCCCCCCC)c1ccccc1. The number of para-hydroxylation sites is 2. The molecule has 0 amide bonds. The fraction of sp³-hybridized carbons (Fsp3) is 0.698. The van der Waals surface area contributed by atoms with E-state index in [4.69, 9.17) is 9.68 Å². The average molecular weight is 650 g/mol. The minimum Gasteiger partial charge on any atom is -0.273 e. The predicted molar refractivity (Wildman–Crippen MR) is 206 cm³/mol. The molecule has 0 aliphatic rings. The van der Waals surface area contributed by atoms with Gasteiger partial charge >= 0.3 is 0 Å². The van der Waals surface area contributed by atoms with Crippen molar-refractivity contribution in [2.24, 2.45) is 0 Å². The van der Waals surface area contributed by atoms with Crippen LogP contribution < -0.4 is 10.1 Å². The van der Waals surface area contributed by atoms with Crippen molar-refractivity contribution >= 4 is 11.4 Å². The lowest BCUT2D eigenvalue weighted by atomic mass is 10.1. The fourth-order valence-corrected chi connectivity index (χ4v) is 6.28. The molecule has 4 nitrogen and oxygen atoms in total. The van der Waals surface area contributed by atoms with E-state index < -0.39 is 0 Å². The van der Waals surface area contributed by atoms with Crippen LogP contribution in [0.1, 0.15) is 168 Å². The summed E-state index contributed by atoms with van der Waals surface area (Å²) < 4.78 is 0. The van der Waals surface area contributed by atoms with Crippen molar-refractivity contribution in [1.29, 1.82) is 0 Å². The molecule has 4 heteroatoms. The Labute approximate surface area is 291 Å². The standard InChI is InChI=1S/C43H73N2O2/c1-4-6-8-10-12-14-16-18-20-22-24-32-38-46-44(42-34-28-26-29-35-42)40-41(3)45(43-36-30-27-31-37-43)47-39-33-25-23-21-19-17-15-13-11-9-7-5-2/h26-31,34-37,41H,3-25,32-33,38-40H2,1-2H3. The van der Waals surface area contributed by atoms with Gasteiger partial charge < -0.3 is 0 Å². The highest BCUT2D eigenvalue weighted by molar-refractivity contribution is 5.47. The number of nitrogens with zero attached hydrogens (tertiary/aromatic N) is 2. The van der Waals surface area contributed by atoms with Gasteiger partial charge in [-0.05, 0) is 44.0 Å². The number of hydrogen-bond donors (Lipinski definition) is 0. The van der Waals surface area contributed by atoms with Gasteiger partial charge in [-0.2, -0.15) is 0 Å². The fourth-order valence-electron chi connectivity index (χ4n) is 6.28. The van der Waals surface area contributed by atoms with E-state index in [1.807, 2.05) is 10.1 Å². The summed E-state index contributed by atoms with van der Waals surface area (Å²) in [6.45, 7) is 11.2. The van der Waals surface area contributed by atoms with Crippen LogP contribution >= 0.6 is 0 Å². The zero-order valence-corrected chi connectivity index (χ0v) is 30.9. The van der Waals surface area contributed by atoms with Gasteiger partial charge in [-0.25, -0.2) is 5.06 Å². The quantitative estimate of drug-likeness (QED) is 0.0567. The van der Waals surface area contributed by atoms with Crippen LogP contribution in [0.2, 0.25) is 0 Å².